The van der Waals surface area contributed by atoms with Gasteiger partial charge in [0.2, 0.25) is 12.2 Å². The van der Waals surface area contributed by atoms with Gasteiger partial charge in [-0.1, -0.05) is 0 Å². The molecule has 0 aliphatic carbocycles. The van der Waals surface area contributed by atoms with Gasteiger partial charge in [-0.3, -0.25) is 0 Å². The summed E-state index contributed by atoms with van der Waals surface area (Å²) in [5.74, 6) is 0. The Bertz CT molecular complexity index is 306. The summed E-state index contributed by atoms with van der Waals surface area (Å²) in [4.78, 5) is 47.2. The molecule has 116 valence electrons. The van der Waals surface area contributed by atoms with E-state index in [2.05, 4.69) is 19.4 Å². The number of hydrogen-bond donors (Lipinski definition) is 2. The minimum Gasteiger partial charge on any atom is -0.392 e. The molecule has 0 spiro atoms. The Morgan fingerprint density at radius 3 is 1.45 bits per heavy atom. The third-order valence-corrected chi connectivity index (χ3v) is 1.61. The van der Waals surface area contributed by atoms with E-state index in [9.17, 15) is 25.1 Å². The first kappa shape index (κ1) is 17.5. The van der Waals surface area contributed by atoms with Crippen LogP contribution in [0.1, 0.15) is 0 Å². The largest absolute Gasteiger partial charge is 0.478 e. The minimum absolute atomic E-state index is 0.575. The summed E-state index contributed by atoms with van der Waals surface area (Å²) >= 11 is 0. The van der Waals surface area contributed by atoms with Gasteiger partial charge in [-0.25, -0.2) is 0 Å². The highest BCUT2D eigenvalue weighted by Gasteiger charge is 2.28. The van der Waals surface area contributed by atoms with Gasteiger partial charge in [0.15, 0.2) is 0 Å². The van der Waals surface area contributed by atoms with Gasteiger partial charge in [0.05, 0.1) is 13.2 Å². The zero-order valence-electron chi connectivity index (χ0n) is 9.89. The highest BCUT2D eigenvalue weighted by Crippen LogP contribution is 1.99. The zero-order chi connectivity index (χ0) is 15.5. The standard InChI is InChI=1S/C6H12N3O11/c10-1-5(3-17-7(12)13)19-9(16)20-6(2-11)4-18-8(14)15/h5-6,10-11H,1-4H2/q+1. The Balaban J connectivity index is 4.14. The van der Waals surface area contributed by atoms with E-state index in [1.54, 1.807) is 0 Å². The normalized spacial score (nSPS) is 12.9. The van der Waals surface area contributed by atoms with Crippen LogP contribution in [0.15, 0.2) is 0 Å². The van der Waals surface area contributed by atoms with Gasteiger partial charge in [0.1, 0.15) is 18.1 Å². The summed E-state index contributed by atoms with van der Waals surface area (Å²) in [7, 11) is 0. The fourth-order valence-electron chi connectivity index (χ4n) is 0.789. The quantitative estimate of drug-likeness (QED) is 0.293. The van der Waals surface area contributed by atoms with Gasteiger partial charge < -0.3 is 19.9 Å². The van der Waals surface area contributed by atoms with Crippen LogP contribution in [0.2, 0.25) is 0 Å². The van der Waals surface area contributed by atoms with Gasteiger partial charge >= 0.3 is 5.09 Å². The Hall–Kier alpha value is -2.48. The molecule has 2 N–H and O–H groups in total. The first-order chi connectivity index (χ1) is 9.38. The lowest BCUT2D eigenvalue weighted by Crippen LogP contribution is -2.34. The van der Waals surface area contributed by atoms with Crippen molar-refractivity contribution in [2.45, 2.75) is 12.2 Å². The first-order valence-corrected chi connectivity index (χ1v) is 4.96. The van der Waals surface area contributed by atoms with Gasteiger partial charge in [0.25, 0.3) is 10.2 Å². The van der Waals surface area contributed by atoms with Crippen LogP contribution in [-0.4, -0.2) is 64.1 Å². The van der Waals surface area contributed by atoms with Crippen molar-refractivity contribution in [1.82, 2.24) is 0 Å². The number of nitrogens with zero attached hydrogens (tertiary/aromatic N) is 3. The molecule has 0 amide bonds. The van der Waals surface area contributed by atoms with Gasteiger partial charge in [-0.15, -0.1) is 20.2 Å². The molecule has 14 heteroatoms. The molecule has 0 aliphatic rings. The van der Waals surface area contributed by atoms with Crippen molar-refractivity contribution >= 4 is 0 Å². The van der Waals surface area contributed by atoms with E-state index < -0.39 is 53.9 Å². The van der Waals surface area contributed by atoms with E-state index in [-0.39, 0.29) is 0 Å². The zero-order valence-corrected chi connectivity index (χ0v) is 9.89. The molecular weight excluding hydrogens is 290 g/mol. The molecular formula is C6H12N3O11+. The number of aliphatic hydroxyl groups is 2. The second-order valence-electron chi connectivity index (χ2n) is 3.08. The molecule has 0 aromatic carbocycles. The summed E-state index contributed by atoms with van der Waals surface area (Å²) in [5.41, 5.74) is 0. The van der Waals surface area contributed by atoms with E-state index in [1.165, 1.54) is 0 Å². The Morgan fingerprint density at radius 1 is 0.850 bits per heavy atom. The van der Waals surface area contributed by atoms with Crippen LogP contribution < -0.4 is 0 Å². The number of aliphatic hydroxyl groups excluding tert-OH is 2. The topological polar surface area (TPSA) is 184 Å². The SMILES string of the molecule is O=[N+]([O-])OCC(CO)O[N+](=O)OC(CO)CO[N+](=O)[O-]. The predicted octanol–water partition coefficient (Wildman–Crippen LogP) is -2.23. The molecule has 0 aromatic rings. The average Bonchev–Trinajstić information content (AvgIpc) is 2.38. The molecule has 20 heavy (non-hydrogen) atoms. The molecule has 0 fully saturated rings. The first-order valence-electron chi connectivity index (χ1n) is 4.96. The molecule has 0 rings (SSSR count). The lowest BCUT2D eigenvalue weighted by Gasteiger charge is -2.08. The third kappa shape index (κ3) is 8.59. The van der Waals surface area contributed by atoms with Crippen LogP contribution in [-0.2, 0) is 19.4 Å². The van der Waals surface area contributed by atoms with Crippen molar-refractivity contribution in [2.75, 3.05) is 26.4 Å². The van der Waals surface area contributed by atoms with Crippen LogP contribution in [0.25, 0.3) is 0 Å². The Morgan fingerprint density at radius 2 is 1.20 bits per heavy atom. The third-order valence-electron chi connectivity index (χ3n) is 1.61. The van der Waals surface area contributed by atoms with E-state index in [1.807, 2.05) is 0 Å². The van der Waals surface area contributed by atoms with Crippen molar-refractivity contribution < 1.29 is 44.8 Å². The fraction of sp³-hybridized carbons (Fsp3) is 1.00. The second kappa shape index (κ2) is 9.45. The second-order valence-corrected chi connectivity index (χ2v) is 3.08. The summed E-state index contributed by atoms with van der Waals surface area (Å²) in [6, 6.07) is 0. The highest BCUT2D eigenvalue weighted by atomic mass is 17.0. The molecule has 0 saturated carbocycles. The molecule has 0 saturated heterocycles. The monoisotopic (exact) mass is 302 g/mol. The Labute approximate surface area is 110 Å². The summed E-state index contributed by atoms with van der Waals surface area (Å²) in [6.45, 7) is -3.10. The van der Waals surface area contributed by atoms with Crippen LogP contribution in [0.5, 0.6) is 0 Å². The van der Waals surface area contributed by atoms with E-state index in [0.29, 0.717) is 0 Å². The van der Waals surface area contributed by atoms with Crippen LogP contribution in [0, 0.1) is 25.1 Å². The summed E-state index contributed by atoms with van der Waals surface area (Å²) < 4.78 is 0. The fourth-order valence-corrected chi connectivity index (χ4v) is 0.789. The molecule has 0 bridgehead atoms. The van der Waals surface area contributed by atoms with Crippen LogP contribution in [0.4, 0.5) is 0 Å². The maximum absolute atomic E-state index is 11.1. The van der Waals surface area contributed by atoms with E-state index >= 15 is 0 Å². The Kier molecular flexibility index (Phi) is 8.28. The molecule has 0 aliphatic heterocycles. The van der Waals surface area contributed by atoms with Crippen molar-refractivity contribution in [2.24, 2.45) is 0 Å². The molecule has 0 aromatic heterocycles. The van der Waals surface area contributed by atoms with Crippen molar-refractivity contribution in [3.8, 4) is 0 Å². The predicted molar refractivity (Wildman–Crippen MR) is 53.4 cm³/mol. The summed E-state index contributed by atoms with van der Waals surface area (Å²) in [5, 5.41) is 34.4. The lowest BCUT2D eigenvalue weighted by molar-refractivity contribution is -0.995. The number of hydrogen-bond acceptors (Lipinski definition) is 11. The van der Waals surface area contributed by atoms with Gasteiger partial charge in [0, 0.05) is 0 Å². The maximum atomic E-state index is 11.1. The maximum Gasteiger partial charge on any atom is 0.478 e. The van der Waals surface area contributed by atoms with E-state index in [0.717, 1.165) is 0 Å². The van der Waals surface area contributed by atoms with Crippen LogP contribution >= 0.6 is 0 Å². The molecule has 2 unspecified atom stereocenters. The molecule has 14 nitrogen and oxygen atoms in total. The minimum atomic E-state index is -1.41. The molecule has 2 atom stereocenters. The smallest absolute Gasteiger partial charge is 0.392 e. The van der Waals surface area contributed by atoms with Crippen molar-refractivity contribution in [3.05, 3.63) is 25.1 Å². The van der Waals surface area contributed by atoms with Gasteiger partial charge in [-0.05, 0) is 0 Å². The summed E-state index contributed by atoms with van der Waals surface area (Å²) in [6.07, 6.45) is -2.82. The average molecular weight is 302 g/mol. The molecule has 0 radical (unpaired) electrons. The molecule has 0 heterocycles. The number of rotatable bonds is 12. The van der Waals surface area contributed by atoms with E-state index in [4.69, 9.17) is 10.2 Å². The highest BCUT2D eigenvalue weighted by molar-refractivity contribution is 4.49. The van der Waals surface area contributed by atoms with Crippen molar-refractivity contribution in [1.29, 1.82) is 0 Å². The van der Waals surface area contributed by atoms with Crippen LogP contribution in [0.3, 0.4) is 0 Å². The van der Waals surface area contributed by atoms with Crippen molar-refractivity contribution in [3.63, 3.8) is 0 Å². The lowest BCUT2D eigenvalue weighted by atomic mass is 10.4. The van der Waals surface area contributed by atoms with Gasteiger partial charge in [-0.2, -0.15) is 9.68 Å².